The predicted octanol–water partition coefficient (Wildman–Crippen LogP) is 3.17. The number of nitrogens with one attached hydrogen (secondary N) is 2. The van der Waals surface area contributed by atoms with Gasteiger partial charge in [0.2, 0.25) is 0 Å². The van der Waals surface area contributed by atoms with Crippen molar-refractivity contribution in [1.29, 1.82) is 0 Å². The first-order valence-electron chi connectivity index (χ1n) is 9.74. The van der Waals surface area contributed by atoms with E-state index in [9.17, 15) is 9.59 Å². The maximum absolute atomic E-state index is 12.9. The molecule has 1 saturated heterocycles. The van der Waals surface area contributed by atoms with Crippen LogP contribution in [0, 0.1) is 0 Å². The van der Waals surface area contributed by atoms with Crippen LogP contribution in [0.4, 0.5) is 10.5 Å². The summed E-state index contributed by atoms with van der Waals surface area (Å²) in [5.41, 5.74) is 2.51. The van der Waals surface area contributed by atoms with E-state index in [4.69, 9.17) is 0 Å². The van der Waals surface area contributed by atoms with Crippen molar-refractivity contribution < 1.29 is 9.59 Å². The average Bonchev–Trinajstić information content (AvgIpc) is 2.68. The summed E-state index contributed by atoms with van der Waals surface area (Å²) in [6.07, 6.45) is 0. The summed E-state index contributed by atoms with van der Waals surface area (Å²) >= 11 is 0. The van der Waals surface area contributed by atoms with E-state index in [1.54, 1.807) is 24.3 Å². The quantitative estimate of drug-likeness (QED) is 0.837. The normalized spacial score (nSPS) is 14.8. The first kappa shape index (κ1) is 19.9. The van der Waals surface area contributed by atoms with Gasteiger partial charge in [-0.2, -0.15) is 0 Å². The highest BCUT2D eigenvalue weighted by Gasteiger charge is 2.22. The summed E-state index contributed by atoms with van der Waals surface area (Å²) in [6, 6.07) is 17.3. The SMILES string of the molecule is CC(C)NC(=O)Nc1cccc(C(=O)N2CCN(Cc3ccccc3)CC2)c1. The zero-order valence-electron chi connectivity index (χ0n) is 16.5. The van der Waals surface area contributed by atoms with Gasteiger partial charge < -0.3 is 15.5 Å². The third-order valence-electron chi connectivity index (χ3n) is 4.70. The van der Waals surface area contributed by atoms with Crippen molar-refractivity contribution in [2.75, 3.05) is 31.5 Å². The Bertz CT molecular complexity index is 799. The van der Waals surface area contributed by atoms with Crippen molar-refractivity contribution in [2.45, 2.75) is 26.4 Å². The summed E-state index contributed by atoms with van der Waals surface area (Å²) in [4.78, 5) is 29.0. The van der Waals surface area contributed by atoms with E-state index in [2.05, 4.69) is 39.8 Å². The first-order chi connectivity index (χ1) is 13.5. The van der Waals surface area contributed by atoms with Gasteiger partial charge in [0.25, 0.3) is 5.91 Å². The minimum Gasteiger partial charge on any atom is -0.336 e. The second-order valence-electron chi connectivity index (χ2n) is 7.39. The number of urea groups is 1. The number of piperazine rings is 1. The number of benzene rings is 2. The molecule has 0 aliphatic carbocycles. The van der Waals surface area contributed by atoms with Gasteiger partial charge in [0.15, 0.2) is 0 Å². The summed E-state index contributed by atoms with van der Waals surface area (Å²) < 4.78 is 0. The van der Waals surface area contributed by atoms with Crippen LogP contribution in [0.15, 0.2) is 54.6 Å². The number of hydrogen-bond donors (Lipinski definition) is 2. The Morgan fingerprint density at radius 2 is 1.68 bits per heavy atom. The Balaban J connectivity index is 1.55. The molecule has 0 bridgehead atoms. The molecule has 6 heteroatoms. The Kier molecular flexibility index (Phi) is 6.66. The molecule has 1 fully saturated rings. The fourth-order valence-corrected chi connectivity index (χ4v) is 3.29. The molecule has 2 aromatic rings. The lowest BCUT2D eigenvalue weighted by molar-refractivity contribution is 0.0628. The fourth-order valence-electron chi connectivity index (χ4n) is 3.29. The Morgan fingerprint density at radius 1 is 0.964 bits per heavy atom. The number of carbonyl (C=O) groups excluding carboxylic acids is 2. The second kappa shape index (κ2) is 9.37. The average molecular weight is 380 g/mol. The molecule has 0 atom stereocenters. The van der Waals surface area contributed by atoms with Crippen LogP contribution in [0.3, 0.4) is 0 Å². The minimum absolute atomic E-state index is 0.00674. The highest BCUT2D eigenvalue weighted by Crippen LogP contribution is 2.15. The molecular weight excluding hydrogens is 352 g/mol. The van der Waals surface area contributed by atoms with Crippen LogP contribution in [0.25, 0.3) is 0 Å². The van der Waals surface area contributed by atoms with E-state index in [0.717, 1.165) is 19.6 Å². The van der Waals surface area contributed by atoms with E-state index in [1.807, 2.05) is 24.8 Å². The molecule has 1 heterocycles. The summed E-state index contributed by atoms with van der Waals surface area (Å²) in [5.74, 6) is 0.00674. The lowest BCUT2D eigenvalue weighted by Crippen LogP contribution is -2.48. The molecule has 3 rings (SSSR count). The Labute approximate surface area is 166 Å². The molecule has 6 nitrogen and oxygen atoms in total. The summed E-state index contributed by atoms with van der Waals surface area (Å²) in [5, 5.41) is 5.55. The smallest absolute Gasteiger partial charge is 0.319 e. The zero-order valence-corrected chi connectivity index (χ0v) is 16.5. The Morgan fingerprint density at radius 3 is 2.36 bits per heavy atom. The van der Waals surface area contributed by atoms with E-state index in [1.165, 1.54) is 5.56 Å². The van der Waals surface area contributed by atoms with Crippen molar-refractivity contribution in [2.24, 2.45) is 0 Å². The van der Waals surface area contributed by atoms with Crippen LogP contribution < -0.4 is 10.6 Å². The van der Waals surface area contributed by atoms with Gasteiger partial charge in [-0.05, 0) is 37.6 Å². The highest BCUT2D eigenvalue weighted by atomic mass is 16.2. The zero-order chi connectivity index (χ0) is 19.9. The molecule has 2 N–H and O–H groups in total. The second-order valence-corrected chi connectivity index (χ2v) is 7.39. The van der Waals surface area contributed by atoms with Crippen molar-refractivity contribution in [3.05, 3.63) is 65.7 Å². The molecule has 1 aliphatic rings. The van der Waals surface area contributed by atoms with Crippen molar-refractivity contribution in [3.63, 3.8) is 0 Å². The molecule has 148 valence electrons. The first-order valence-corrected chi connectivity index (χ1v) is 9.74. The number of anilines is 1. The van der Waals surface area contributed by atoms with Gasteiger partial charge >= 0.3 is 6.03 Å². The molecule has 0 aromatic heterocycles. The molecule has 0 unspecified atom stereocenters. The number of hydrogen-bond acceptors (Lipinski definition) is 3. The summed E-state index contributed by atoms with van der Waals surface area (Å²) in [7, 11) is 0. The topological polar surface area (TPSA) is 64.7 Å². The van der Waals surface area contributed by atoms with E-state index in [0.29, 0.717) is 24.3 Å². The van der Waals surface area contributed by atoms with Gasteiger partial charge in [0.1, 0.15) is 0 Å². The number of nitrogens with zero attached hydrogens (tertiary/aromatic N) is 2. The Hall–Kier alpha value is -2.86. The van der Waals surface area contributed by atoms with Crippen molar-refractivity contribution in [3.8, 4) is 0 Å². The van der Waals surface area contributed by atoms with E-state index in [-0.39, 0.29) is 18.0 Å². The minimum atomic E-state index is -0.269. The van der Waals surface area contributed by atoms with Crippen molar-refractivity contribution in [1.82, 2.24) is 15.1 Å². The molecule has 0 spiro atoms. The maximum atomic E-state index is 12.9. The van der Waals surface area contributed by atoms with Gasteiger partial charge in [-0.3, -0.25) is 9.69 Å². The van der Waals surface area contributed by atoms with Crippen LogP contribution in [-0.2, 0) is 6.54 Å². The predicted molar refractivity (Wildman–Crippen MR) is 111 cm³/mol. The van der Waals surface area contributed by atoms with Crippen LogP contribution >= 0.6 is 0 Å². The monoisotopic (exact) mass is 380 g/mol. The summed E-state index contributed by atoms with van der Waals surface area (Å²) in [6.45, 7) is 7.83. The van der Waals surface area contributed by atoms with Gasteiger partial charge in [-0.15, -0.1) is 0 Å². The number of amides is 3. The van der Waals surface area contributed by atoms with E-state index >= 15 is 0 Å². The third-order valence-corrected chi connectivity index (χ3v) is 4.70. The highest BCUT2D eigenvalue weighted by molar-refractivity contribution is 5.97. The van der Waals surface area contributed by atoms with Crippen molar-refractivity contribution >= 4 is 17.6 Å². The van der Waals surface area contributed by atoms with Gasteiger partial charge in [0.05, 0.1) is 0 Å². The van der Waals surface area contributed by atoms with Gasteiger partial charge in [-0.1, -0.05) is 36.4 Å². The molecular formula is C22H28N4O2. The largest absolute Gasteiger partial charge is 0.336 e. The van der Waals surface area contributed by atoms with Gasteiger partial charge in [0, 0.05) is 50.0 Å². The third kappa shape index (κ3) is 5.57. The van der Waals surface area contributed by atoms with Crippen LogP contribution in [0.1, 0.15) is 29.8 Å². The van der Waals surface area contributed by atoms with Crippen LogP contribution in [0.5, 0.6) is 0 Å². The number of rotatable bonds is 5. The lowest BCUT2D eigenvalue weighted by Gasteiger charge is -2.34. The fraction of sp³-hybridized carbons (Fsp3) is 0.364. The number of carbonyl (C=O) groups is 2. The van der Waals surface area contributed by atoms with E-state index < -0.39 is 0 Å². The van der Waals surface area contributed by atoms with Gasteiger partial charge in [-0.25, -0.2) is 4.79 Å². The molecule has 3 amide bonds. The molecule has 2 aromatic carbocycles. The van der Waals surface area contributed by atoms with Crippen LogP contribution in [-0.4, -0.2) is 54.0 Å². The molecule has 1 aliphatic heterocycles. The molecule has 0 radical (unpaired) electrons. The molecule has 28 heavy (non-hydrogen) atoms. The molecule has 0 saturated carbocycles. The van der Waals surface area contributed by atoms with Crippen LogP contribution in [0.2, 0.25) is 0 Å². The lowest BCUT2D eigenvalue weighted by atomic mass is 10.1. The standard InChI is InChI=1S/C22H28N4O2/c1-17(2)23-22(28)24-20-10-6-9-19(15-20)21(27)26-13-11-25(12-14-26)16-18-7-4-3-5-8-18/h3-10,15,17H,11-14,16H2,1-2H3,(H2,23,24,28). The maximum Gasteiger partial charge on any atom is 0.319 e.